The van der Waals surface area contributed by atoms with Crippen LogP contribution in [0.4, 0.5) is 0 Å². The standard InChI is InChI=1S/C24H42O3/c1-18(2)20-10-11-22(19(3)4)21(12-20)13-26-15-24(7,8)17-27-16-23(5,6)14-25-9/h10-12,18-19H,13-17H2,1-9H3. The maximum Gasteiger partial charge on any atom is 0.0720 e. The molecule has 0 radical (unpaired) electrons. The lowest BCUT2D eigenvalue weighted by molar-refractivity contribution is -0.0429. The van der Waals surface area contributed by atoms with Gasteiger partial charge >= 0.3 is 0 Å². The number of benzene rings is 1. The Morgan fingerprint density at radius 1 is 0.778 bits per heavy atom. The molecule has 0 N–H and O–H groups in total. The van der Waals surface area contributed by atoms with Gasteiger partial charge in [-0.15, -0.1) is 0 Å². The molecule has 156 valence electrons. The fourth-order valence-corrected chi connectivity index (χ4v) is 3.19. The van der Waals surface area contributed by atoms with Gasteiger partial charge in [-0.05, 0) is 28.5 Å². The predicted molar refractivity (Wildman–Crippen MR) is 115 cm³/mol. The van der Waals surface area contributed by atoms with Crippen molar-refractivity contribution in [3.8, 4) is 0 Å². The van der Waals surface area contributed by atoms with Gasteiger partial charge in [0.1, 0.15) is 0 Å². The summed E-state index contributed by atoms with van der Waals surface area (Å²) >= 11 is 0. The summed E-state index contributed by atoms with van der Waals surface area (Å²) in [6, 6.07) is 6.84. The molecule has 0 bridgehead atoms. The largest absolute Gasteiger partial charge is 0.384 e. The van der Waals surface area contributed by atoms with Crippen LogP contribution in [0, 0.1) is 10.8 Å². The van der Waals surface area contributed by atoms with Crippen LogP contribution in [0.15, 0.2) is 18.2 Å². The van der Waals surface area contributed by atoms with Crippen LogP contribution in [0.2, 0.25) is 0 Å². The molecule has 0 aromatic heterocycles. The van der Waals surface area contributed by atoms with Gasteiger partial charge in [0.15, 0.2) is 0 Å². The minimum atomic E-state index is -0.0171. The van der Waals surface area contributed by atoms with Crippen molar-refractivity contribution >= 4 is 0 Å². The van der Waals surface area contributed by atoms with Crippen LogP contribution in [0.5, 0.6) is 0 Å². The van der Waals surface area contributed by atoms with E-state index in [0.29, 0.717) is 44.9 Å². The molecule has 0 unspecified atom stereocenters. The fraction of sp³-hybridized carbons (Fsp3) is 0.750. The van der Waals surface area contributed by atoms with Crippen molar-refractivity contribution in [2.75, 3.05) is 33.5 Å². The molecule has 0 spiro atoms. The maximum atomic E-state index is 6.14. The molecule has 3 nitrogen and oxygen atoms in total. The Morgan fingerprint density at radius 3 is 1.85 bits per heavy atom. The Bertz CT molecular complexity index is 559. The molecule has 0 saturated carbocycles. The Kier molecular flexibility index (Phi) is 9.47. The van der Waals surface area contributed by atoms with Gasteiger partial charge in [0.25, 0.3) is 0 Å². The second kappa shape index (κ2) is 10.6. The Labute approximate surface area is 167 Å². The monoisotopic (exact) mass is 378 g/mol. The first-order valence-electron chi connectivity index (χ1n) is 10.2. The minimum Gasteiger partial charge on any atom is -0.384 e. The Hall–Kier alpha value is -0.900. The van der Waals surface area contributed by atoms with Crippen molar-refractivity contribution in [1.82, 2.24) is 0 Å². The molecule has 0 aliphatic carbocycles. The van der Waals surface area contributed by atoms with Gasteiger partial charge in [-0.2, -0.15) is 0 Å². The lowest BCUT2D eigenvalue weighted by Gasteiger charge is -2.28. The third kappa shape index (κ3) is 8.76. The van der Waals surface area contributed by atoms with E-state index in [0.717, 1.165) is 0 Å². The van der Waals surface area contributed by atoms with Crippen molar-refractivity contribution < 1.29 is 14.2 Å². The van der Waals surface area contributed by atoms with Crippen LogP contribution in [0.25, 0.3) is 0 Å². The van der Waals surface area contributed by atoms with Crippen LogP contribution in [-0.4, -0.2) is 33.5 Å². The molecule has 0 atom stereocenters. The molecule has 1 rings (SSSR count). The SMILES string of the molecule is COCC(C)(C)COCC(C)(C)COCc1cc(C(C)C)ccc1C(C)C. The minimum absolute atomic E-state index is 0.0171. The normalized spacial score (nSPS) is 13.0. The lowest BCUT2D eigenvalue weighted by Crippen LogP contribution is -2.30. The summed E-state index contributed by atoms with van der Waals surface area (Å²) in [4.78, 5) is 0. The van der Waals surface area contributed by atoms with Gasteiger partial charge in [-0.3, -0.25) is 0 Å². The fourth-order valence-electron chi connectivity index (χ4n) is 3.19. The average molecular weight is 379 g/mol. The molecule has 0 amide bonds. The molecule has 0 aliphatic heterocycles. The summed E-state index contributed by atoms with van der Waals surface area (Å²) in [5, 5.41) is 0. The van der Waals surface area contributed by atoms with Crippen molar-refractivity contribution in [2.24, 2.45) is 10.8 Å². The van der Waals surface area contributed by atoms with Crippen molar-refractivity contribution in [1.29, 1.82) is 0 Å². The zero-order valence-corrected chi connectivity index (χ0v) is 19.1. The van der Waals surface area contributed by atoms with E-state index in [1.807, 2.05) is 0 Å². The van der Waals surface area contributed by atoms with Crippen LogP contribution in [0.3, 0.4) is 0 Å². The predicted octanol–water partition coefficient (Wildman–Crippen LogP) is 6.17. The highest BCUT2D eigenvalue weighted by atomic mass is 16.5. The van der Waals surface area contributed by atoms with E-state index in [-0.39, 0.29) is 10.8 Å². The third-order valence-corrected chi connectivity index (χ3v) is 4.73. The topological polar surface area (TPSA) is 27.7 Å². The van der Waals surface area contributed by atoms with Crippen LogP contribution >= 0.6 is 0 Å². The van der Waals surface area contributed by atoms with Gasteiger partial charge < -0.3 is 14.2 Å². The molecule has 3 heteroatoms. The molecular weight excluding hydrogens is 336 g/mol. The van der Waals surface area contributed by atoms with Crippen LogP contribution in [0.1, 0.15) is 83.9 Å². The first-order chi connectivity index (χ1) is 12.5. The highest BCUT2D eigenvalue weighted by Crippen LogP contribution is 2.26. The third-order valence-electron chi connectivity index (χ3n) is 4.73. The summed E-state index contributed by atoms with van der Waals surface area (Å²) in [6.45, 7) is 21.1. The number of hydrogen-bond donors (Lipinski definition) is 0. The molecule has 0 aliphatic rings. The molecule has 1 aromatic rings. The molecule has 27 heavy (non-hydrogen) atoms. The first-order valence-corrected chi connectivity index (χ1v) is 10.2. The van der Waals surface area contributed by atoms with E-state index < -0.39 is 0 Å². The number of methoxy groups -OCH3 is 1. The number of hydrogen-bond acceptors (Lipinski definition) is 3. The summed E-state index contributed by atoms with van der Waals surface area (Å²) in [5.74, 6) is 1.04. The molecule has 0 fully saturated rings. The lowest BCUT2D eigenvalue weighted by atomic mass is 9.92. The van der Waals surface area contributed by atoms with Crippen LogP contribution in [-0.2, 0) is 20.8 Å². The zero-order chi connectivity index (χ0) is 20.7. The Morgan fingerprint density at radius 2 is 1.33 bits per heavy atom. The molecule has 0 saturated heterocycles. The second-order valence-electron chi connectivity index (χ2n) is 10.0. The molecule has 0 heterocycles. The van der Waals surface area contributed by atoms with Crippen molar-refractivity contribution in [3.05, 3.63) is 34.9 Å². The molecule has 1 aromatic carbocycles. The van der Waals surface area contributed by atoms with Crippen molar-refractivity contribution in [3.63, 3.8) is 0 Å². The van der Waals surface area contributed by atoms with Crippen molar-refractivity contribution in [2.45, 2.75) is 73.8 Å². The molecular formula is C24H42O3. The summed E-state index contributed by atoms with van der Waals surface area (Å²) in [6.07, 6.45) is 0. The van der Waals surface area contributed by atoms with E-state index in [2.05, 4.69) is 73.6 Å². The highest BCUT2D eigenvalue weighted by Gasteiger charge is 2.23. The van der Waals surface area contributed by atoms with E-state index in [4.69, 9.17) is 14.2 Å². The van der Waals surface area contributed by atoms with E-state index in [1.54, 1.807) is 7.11 Å². The second-order valence-corrected chi connectivity index (χ2v) is 10.0. The van der Waals surface area contributed by atoms with Gasteiger partial charge in [-0.25, -0.2) is 0 Å². The van der Waals surface area contributed by atoms with E-state index in [1.165, 1.54) is 16.7 Å². The first kappa shape index (κ1) is 24.1. The van der Waals surface area contributed by atoms with Crippen LogP contribution < -0.4 is 0 Å². The van der Waals surface area contributed by atoms with E-state index in [9.17, 15) is 0 Å². The summed E-state index contributed by atoms with van der Waals surface area (Å²) < 4.78 is 17.4. The average Bonchev–Trinajstić information content (AvgIpc) is 2.53. The zero-order valence-electron chi connectivity index (χ0n) is 19.1. The van der Waals surface area contributed by atoms with E-state index >= 15 is 0 Å². The highest BCUT2D eigenvalue weighted by molar-refractivity contribution is 5.35. The van der Waals surface area contributed by atoms with Gasteiger partial charge in [0.05, 0.1) is 33.0 Å². The summed E-state index contributed by atoms with van der Waals surface area (Å²) in [7, 11) is 1.74. The quantitative estimate of drug-likeness (QED) is 0.435. The number of rotatable bonds is 12. The summed E-state index contributed by atoms with van der Waals surface area (Å²) in [5.41, 5.74) is 4.09. The Balaban J connectivity index is 2.59. The number of ether oxygens (including phenoxy) is 3. The smallest absolute Gasteiger partial charge is 0.0720 e. The van der Waals surface area contributed by atoms with Gasteiger partial charge in [0.2, 0.25) is 0 Å². The maximum absolute atomic E-state index is 6.14. The van der Waals surface area contributed by atoms with Gasteiger partial charge in [-0.1, -0.05) is 73.6 Å². The van der Waals surface area contributed by atoms with Gasteiger partial charge in [0, 0.05) is 17.9 Å².